The average molecular weight is 483 g/mol. The predicted molar refractivity (Wildman–Crippen MR) is 134 cm³/mol. The molecule has 35 heavy (non-hydrogen) atoms. The summed E-state index contributed by atoms with van der Waals surface area (Å²) in [6, 6.07) is 11.3. The van der Waals surface area contributed by atoms with Crippen molar-refractivity contribution in [1.29, 1.82) is 0 Å². The van der Waals surface area contributed by atoms with Crippen LogP contribution in [0.15, 0.2) is 48.0 Å². The smallest absolute Gasteiger partial charge is 0.295 e. The van der Waals surface area contributed by atoms with Gasteiger partial charge in [0.15, 0.2) is 11.5 Å². The predicted octanol–water partition coefficient (Wildman–Crippen LogP) is 3.87. The summed E-state index contributed by atoms with van der Waals surface area (Å²) in [5.74, 6) is -0.0530. The first kappa shape index (κ1) is 26.1. The van der Waals surface area contributed by atoms with E-state index >= 15 is 0 Å². The third kappa shape index (κ3) is 5.43. The van der Waals surface area contributed by atoms with Crippen LogP contribution in [0.4, 0.5) is 0 Å². The third-order valence-corrected chi connectivity index (χ3v) is 6.37. The maximum absolute atomic E-state index is 13.2. The van der Waals surface area contributed by atoms with E-state index in [2.05, 4.69) is 18.7 Å². The number of amides is 1. The van der Waals surface area contributed by atoms with Crippen LogP contribution in [0.2, 0.25) is 0 Å². The summed E-state index contributed by atoms with van der Waals surface area (Å²) in [5, 5.41) is 11.3. The number of Topliss-reactive ketones (excluding diaryl/α,β-unsaturated/α-hetero) is 1. The lowest BCUT2D eigenvalue weighted by Crippen LogP contribution is -2.33. The third-order valence-electron chi connectivity index (χ3n) is 6.37. The van der Waals surface area contributed by atoms with Crippen molar-refractivity contribution in [3.63, 3.8) is 0 Å². The molecular formula is C27H34N2O6. The molecule has 1 amide bonds. The van der Waals surface area contributed by atoms with E-state index in [9.17, 15) is 14.7 Å². The molecule has 0 saturated carbocycles. The van der Waals surface area contributed by atoms with Gasteiger partial charge in [0.1, 0.15) is 11.5 Å². The first-order valence-electron chi connectivity index (χ1n) is 11.8. The van der Waals surface area contributed by atoms with Crippen molar-refractivity contribution in [2.45, 2.75) is 26.3 Å². The highest BCUT2D eigenvalue weighted by Gasteiger charge is 2.46. The number of ketones is 1. The zero-order chi connectivity index (χ0) is 25.5. The van der Waals surface area contributed by atoms with Gasteiger partial charge in [-0.3, -0.25) is 9.59 Å². The summed E-state index contributed by atoms with van der Waals surface area (Å²) >= 11 is 0. The van der Waals surface area contributed by atoms with Gasteiger partial charge in [-0.1, -0.05) is 32.0 Å². The van der Waals surface area contributed by atoms with Crippen LogP contribution in [-0.4, -0.2) is 74.1 Å². The molecule has 3 rings (SSSR count). The fraction of sp³-hybridized carbons (Fsp3) is 0.407. The molecule has 8 nitrogen and oxygen atoms in total. The number of aliphatic hydroxyl groups is 1. The zero-order valence-corrected chi connectivity index (χ0v) is 21.0. The van der Waals surface area contributed by atoms with Crippen LogP contribution in [0.25, 0.3) is 5.76 Å². The Bertz CT molecular complexity index is 1090. The van der Waals surface area contributed by atoms with Crippen molar-refractivity contribution >= 4 is 17.4 Å². The van der Waals surface area contributed by atoms with Crippen molar-refractivity contribution < 1.29 is 28.9 Å². The Hall–Kier alpha value is -3.52. The van der Waals surface area contributed by atoms with Crippen molar-refractivity contribution in [2.75, 3.05) is 47.5 Å². The van der Waals surface area contributed by atoms with Crippen LogP contribution in [0, 0.1) is 0 Å². The van der Waals surface area contributed by atoms with E-state index in [1.165, 1.54) is 14.2 Å². The fourth-order valence-electron chi connectivity index (χ4n) is 4.41. The van der Waals surface area contributed by atoms with Gasteiger partial charge in [-0.05, 0) is 55.9 Å². The molecule has 0 bridgehead atoms. The van der Waals surface area contributed by atoms with Crippen molar-refractivity contribution in [2.24, 2.45) is 0 Å². The number of likely N-dealkylation sites (tertiary alicyclic amines) is 1. The number of nitrogens with zero attached hydrogens (tertiary/aromatic N) is 2. The van der Waals surface area contributed by atoms with Crippen LogP contribution in [0.1, 0.15) is 37.4 Å². The van der Waals surface area contributed by atoms with Gasteiger partial charge in [0.05, 0.1) is 32.9 Å². The molecule has 1 heterocycles. The van der Waals surface area contributed by atoms with E-state index in [0.29, 0.717) is 41.3 Å². The van der Waals surface area contributed by atoms with Gasteiger partial charge >= 0.3 is 0 Å². The lowest BCUT2D eigenvalue weighted by Gasteiger charge is -2.27. The number of carbonyl (C=O) groups is 2. The summed E-state index contributed by atoms with van der Waals surface area (Å²) in [6.45, 7) is 7.16. The van der Waals surface area contributed by atoms with E-state index in [-0.39, 0.29) is 11.3 Å². The number of hydrogen-bond donors (Lipinski definition) is 1. The maximum Gasteiger partial charge on any atom is 0.295 e. The highest BCUT2D eigenvalue weighted by atomic mass is 16.5. The topological polar surface area (TPSA) is 88.5 Å². The first-order valence-corrected chi connectivity index (χ1v) is 11.8. The summed E-state index contributed by atoms with van der Waals surface area (Å²) in [7, 11) is 4.59. The van der Waals surface area contributed by atoms with Crippen LogP contribution in [0.3, 0.4) is 0 Å². The summed E-state index contributed by atoms with van der Waals surface area (Å²) in [6.07, 6.45) is 0.692. The molecule has 0 unspecified atom stereocenters. The Morgan fingerprint density at radius 2 is 1.69 bits per heavy atom. The Labute approximate surface area is 206 Å². The second kappa shape index (κ2) is 11.8. The Balaban J connectivity index is 2.10. The molecule has 1 aliphatic rings. The normalized spacial score (nSPS) is 17.2. The minimum absolute atomic E-state index is 0.0401. The summed E-state index contributed by atoms with van der Waals surface area (Å²) < 4.78 is 16.1. The molecule has 2 aromatic carbocycles. The van der Waals surface area contributed by atoms with Crippen LogP contribution >= 0.6 is 0 Å². The SMILES string of the molecule is CCN(CC)CCCN1C(=O)C(=O)/C(=C(/O)c2cccc(OC)c2)[C@H]1c1ccc(OC)c(OC)c1. The molecule has 1 aliphatic heterocycles. The fourth-order valence-corrected chi connectivity index (χ4v) is 4.41. The number of rotatable bonds is 11. The Morgan fingerprint density at radius 1 is 0.971 bits per heavy atom. The van der Waals surface area contributed by atoms with Gasteiger partial charge in [0, 0.05) is 12.1 Å². The lowest BCUT2D eigenvalue weighted by molar-refractivity contribution is -0.140. The monoisotopic (exact) mass is 482 g/mol. The highest BCUT2D eigenvalue weighted by Crippen LogP contribution is 2.42. The minimum Gasteiger partial charge on any atom is -0.507 e. The summed E-state index contributed by atoms with van der Waals surface area (Å²) in [4.78, 5) is 30.2. The van der Waals surface area contributed by atoms with Crippen molar-refractivity contribution in [3.8, 4) is 17.2 Å². The summed E-state index contributed by atoms with van der Waals surface area (Å²) in [5.41, 5.74) is 1.09. The number of benzene rings is 2. The lowest BCUT2D eigenvalue weighted by atomic mass is 9.95. The maximum atomic E-state index is 13.2. The second-order valence-corrected chi connectivity index (χ2v) is 8.22. The van der Waals surface area contributed by atoms with Gasteiger partial charge in [0.2, 0.25) is 0 Å². The first-order chi connectivity index (χ1) is 16.9. The van der Waals surface area contributed by atoms with E-state index in [1.54, 1.807) is 54.5 Å². The second-order valence-electron chi connectivity index (χ2n) is 8.22. The van der Waals surface area contributed by atoms with Crippen LogP contribution in [-0.2, 0) is 9.59 Å². The molecular weight excluding hydrogens is 448 g/mol. The number of methoxy groups -OCH3 is 3. The largest absolute Gasteiger partial charge is 0.507 e. The number of aliphatic hydroxyl groups excluding tert-OH is 1. The van der Waals surface area contributed by atoms with Crippen LogP contribution in [0.5, 0.6) is 17.2 Å². The molecule has 188 valence electrons. The Kier molecular flexibility index (Phi) is 8.76. The van der Waals surface area contributed by atoms with Crippen molar-refractivity contribution in [3.05, 3.63) is 59.2 Å². The number of carbonyl (C=O) groups excluding carboxylic acids is 2. The molecule has 1 saturated heterocycles. The van der Waals surface area contributed by atoms with Crippen molar-refractivity contribution in [1.82, 2.24) is 9.80 Å². The zero-order valence-electron chi connectivity index (χ0n) is 21.0. The van der Waals surface area contributed by atoms with E-state index in [4.69, 9.17) is 14.2 Å². The number of hydrogen-bond acceptors (Lipinski definition) is 7. The number of ether oxygens (including phenoxy) is 3. The molecule has 8 heteroatoms. The van der Waals surface area contributed by atoms with Gasteiger partial charge in [-0.2, -0.15) is 0 Å². The Morgan fingerprint density at radius 3 is 2.31 bits per heavy atom. The molecule has 1 N–H and O–H groups in total. The van der Waals surface area contributed by atoms with Gasteiger partial charge in [-0.25, -0.2) is 0 Å². The molecule has 1 atom stereocenters. The molecule has 1 fully saturated rings. The molecule has 0 aliphatic carbocycles. The van der Waals surface area contributed by atoms with Gasteiger partial charge in [-0.15, -0.1) is 0 Å². The highest BCUT2D eigenvalue weighted by molar-refractivity contribution is 6.46. The molecule has 0 spiro atoms. The minimum atomic E-state index is -0.766. The van der Waals surface area contributed by atoms with E-state index < -0.39 is 17.7 Å². The van der Waals surface area contributed by atoms with E-state index in [0.717, 1.165) is 19.6 Å². The molecule has 0 aromatic heterocycles. The van der Waals surface area contributed by atoms with Gasteiger partial charge in [0.25, 0.3) is 11.7 Å². The van der Waals surface area contributed by atoms with E-state index in [1.807, 2.05) is 0 Å². The standard InChI is InChI=1S/C27H34N2O6/c1-6-28(7-2)14-9-15-29-24(18-12-13-21(34-4)22(17-18)35-5)23(26(31)27(29)32)25(30)19-10-8-11-20(16-19)33-3/h8,10-13,16-17,24,30H,6-7,9,14-15H2,1-5H3/b25-23+/t24-/m1/s1. The average Bonchev–Trinajstić information content (AvgIpc) is 3.15. The molecule has 2 aromatic rings. The van der Waals surface area contributed by atoms with Gasteiger partial charge < -0.3 is 29.1 Å². The molecule has 0 radical (unpaired) electrons. The quantitative estimate of drug-likeness (QED) is 0.296. The van der Waals surface area contributed by atoms with Crippen LogP contribution < -0.4 is 14.2 Å².